The van der Waals surface area contributed by atoms with Gasteiger partial charge in [-0.1, -0.05) is 53.5 Å². The van der Waals surface area contributed by atoms with Crippen LogP contribution in [0.2, 0.25) is 10.0 Å². The normalized spacial score (nSPS) is 15.9. The Morgan fingerprint density at radius 3 is 2.32 bits per heavy atom. The van der Waals surface area contributed by atoms with Gasteiger partial charge in [0, 0.05) is 43.8 Å². The molecule has 0 fully saturated rings. The molecule has 0 saturated carbocycles. The number of benzene rings is 4. The van der Waals surface area contributed by atoms with Crippen LogP contribution in [0.15, 0.2) is 95.5 Å². The van der Waals surface area contributed by atoms with Gasteiger partial charge < -0.3 is 38.7 Å². The van der Waals surface area contributed by atoms with E-state index in [1.165, 1.54) is 4.90 Å². The fourth-order valence-corrected chi connectivity index (χ4v) is 7.77. The molecule has 0 saturated heterocycles. The van der Waals surface area contributed by atoms with Crippen molar-refractivity contribution in [2.45, 2.75) is 71.9 Å². The lowest BCUT2D eigenvalue weighted by Gasteiger charge is -2.37. The van der Waals surface area contributed by atoms with Crippen molar-refractivity contribution in [3.05, 3.63) is 158 Å². The number of carbonyl (C=O) groups excluding carboxylic acids is 2. The molecule has 6 aromatic rings. The molecule has 4 aromatic carbocycles. The summed E-state index contributed by atoms with van der Waals surface area (Å²) in [5.41, 5.74) is 5.74. The van der Waals surface area contributed by atoms with Gasteiger partial charge in [-0.2, -0.15) is 0 Å². The number of aliphatic carboxylic acids is 1. The molecule has 318 valence electrons. The van der Waals surface area contributed by atoms with E-state index in [0.717, 1.165) is 33.5 Å². The Morgan fingerprint density at radius 2 is 1.61 bits per heavy atom. The number of halogens is 2. The van der Waals surface area contributed by atoms with Gasteiger partial charge in [-0.15, -0.1) is 0 Å². The van der Waals surface area contributed by atoms with Crippen molar-refractivity contribution < 1.29 is 42.9 Å². The summed E-state index contributed by atoms with van der Waals surface area (Å²) < 4.78 is 30.2. The third-order valence-electron chi connectivity index (χ3n) is 11.0. The third-order valence-corrected chi connectivity index (χ3v) is 11.7. The van der Waals surface area contributed by atoms with Crippen molar-refractivity contribution in [3.8, 4) is 28.7 Å². The number of ether oxygens (including phenoxy) is 4. The van der Waals surface area contributed by atoms with Gasteiger partial charge in [0.2, 0.25) is 5.91 Å². The Bertz CT molecular complexity index is 2670. The van der Waals surface area contributed by atoms with Gasteiger partial charge >= 0.3 is 5.97 Å². The summed E-state index contributed by atoms with van der Waals surface area (Å²) in [7, 11) is 0. The number of rotatable bonds is 12. The second kappa shape index (κ2) is 17.8. The molecule has 62 heavy (non-hydrogen) atoms. The lowest BCUT2D eigenvalue weighted by molar-refractivity contribution is -0.142. The average molecular weight is 878 g/mol. The van der Waals surface area contributed by atoms with E-state index in [-0.39, 0.29) is 31.7 Å². The van der Waals surface area contributed by atoms with Crippen LogP contribution in [0.1, 0.15) is 67.3 Å². The van der Waals surface area contributed by atoms with Crippen LogP contribution in [-0.2, 0) is 35.6 Å². The first-order chi connectivity index (χ1) is 29.8. The van der Waals surface area contributed by atoms with Crippen LogP contribution in [0.5, 0.6) is 28.7 Å². The molecule has 0 radical (unpaired) electrons. The molecule has 2 aromatic heterocycles. The van der Waals surface area contributed by atoms with E-state index < -0.39 is 36.0 Å². The Balaban J connectivity index is 0.978. The number of nitrogens with zero attached hydrogens (tertiary/aromatic N) is 3. The smallest absolute Gasteiger partial charge is 0.326 e. The van der Waals surface area contributed by atoms with Crippen LogP contribution in [0.4, 0.5) is 0 Å². The van der Waals surface area contributed by atoms with Gasteiger partial charge in [0.25, 0.3) is 5.91 Å². The van der Waals surface area contributed by atoms with E-state index in [2.05, 4.69) is 15.3 Å². The molecule has 2 aliphatic rings. The molecular formula is C47H42Cl2N4O9. The van der Waals surface area contributed by atoms with Crippen LogP contribution in [0.25, 0.3) is 0 Å². The highest BCUT2D eigenvalue weighted by molar-refractivity contribution is 6.42. The summed E-state index contributed by atoms with van der Waals surface area (Å²) in [5.74, 6) is 1.10. The number of fused-ring (bicyclic) bond motifs is 2. The van der Waals surface area contributed by atoms with Gasteiger partial charge in [0.1, 0.15) is 48.3 Å². The van der Waals surface area contributed by atoms with Crippen molar-refractivity contribution in [2.24, 2.45) is 0 Å². The van der Waals surface area contributed by atoms with Crippen LogP contribution in [0, 0.1) is 27.7 Å². The van der Waals surface area contributed by atoms with Crippen LogP contribution < -0.4 is 24.3 Å². The van der Waals surface area contributed by atoms with Crippen LogP contribution >= 0.6 is 23.2 Å². The van der Waals surface area contributed by atoms with E-state index in [1.807, 2.05) is 56.3 Å². The van der Waals surface area contributed by atoms with Gasteiger partial charge in [0.15, 0.2) is 29.2 Å². The lowest BCUT2D eigenvalue weighted by atomic mass is 9.91. The summed E-state index contributed by atoms with van der Waals surface area (Å²) in [6.07, 6.45) is 1.31. The average Bonchev–Trinajstić information content (AvgIpc) is 3.61. The highest BCUT2D eigenvalue weighted by Gasteiger charge is 2.39. The number of aryl methyl sites for hydroxylation is 3. The van der Waals surface area contributed by atoms with Crippen LogP contribution in [-0.4, -0.2) is 56.4 Å². The number of hydrogen-bond donors (Lipinski definition) is 2. The Morgan fingerprint density at radius 1 is 0.887 bits per heavy atom. The van der Waals surface area contributed by atoms with E-state index in [4.69, 9.17) is 46.6 Å². The first-order valence-electron chi connectivity index (χ1n) is 19.9. The second-order valence-corrected chi connectivity index (χ2v) is 16.1. The topological polar surface area (TPSA) is 163 Å². The number of carbonyl (C=O) groups is 3. The maximum Gasteiger partial charge on any atom is 0.326 e. The molecule has 8 rings (SSSR count). The zero-order chi connectivity index (χ0) is 43.7. The third kappa shape index (κ3) is 9.19. The minimum Gasteiger partial charge on any atom is -0.489 e. The predicted octanol–water partition coefficient (Wildman–Crippen LogP) is 8.87. The summed E-state index contributed by atoms with van der Waals surface area (Å²) in [6, 6.07) is 22.9. The molecule has 3 atom stereocenters. The number of aromatic nitrogens is 2. The minimum atomic E-state index is -1.30. The number of nitrogens with one attached hydrogen (secondary N) is 1. The largest absolute Gasteiger partial charge is 0.489 e. The molecule has 2 amide bonds. The van der Waals surface area contributed by atoms with Gasteiger partial charge in [-0.05, 0) is 103 Å². The number of pyridine rings is 1. The lowest BCUT2D eigenvalue weighted by Crippen LogP contribution is -2.56. The molecule has 13 nitrogen and oxygen atoms in total. The summed E-state index contributed by atoms with van der Waals surface area (Å²) in [6.45, 7) is 7.64. The summed E-state index contributed by atoms with van der Waals surface area (Å²) >= 11 is 12.2. The number of carboxylic acid groups (broad SMARTS) is 1. The number of hydrogen-bond acceptors (Lipinski definition) is 10. The van der Waals surface area contributed by atoms with Gasteiger partial charge in [-0.25, -0.2) is 9.78 Å². The highest BCUT2D eigenvalue weighted by atomic mass is 35.5. The van der Waals surface area contributed by atoms with E-state index in [9.17, 15) is 19.5 Å². The second-order valence-electron chi connectivity index (χ2n) is 15.3. The molecule has 0 bridgehead atoms. The number of carboxylic acids is 1. The monoisotopic (exact) mass is 876 g/mol. The highest BCUT2D eigenvalue weighted by Crippen LogP contribution is 2.41. The molecule has 0 unspecified atom stereocenters. The zero-order valence-electron chi connectivity index (χ0n) is 34.2. The first kappa shape index (κ1) is 42.1. The van der Waals surface area contributed by atoms with E-state index >= 15 is 0 Å². The van der Waals surface area contributed by atoms with E-state index in [1.54, 1.807) is 62.5 Å². The van der Waals surface area contributed by atoms with Crippen molar-refractivity contribution in [3.63, 3.8) is 0 Å². The molecule has 0 spiro atoms. The molecule has 2 aliphatic heterocycles. The SMILES string of the molecule is Cc1nc(C(=O)N2Cc3cc4c(cc3C[C@H]2C(=O)N[C@@H](Cc2ccc(Oc3ccnc(C)c3C)cc2)C(=O)O)OC[C@@H](c2ccc(OCc3ccc(Cl)c(Cl)c3)cc2)O4)c(C)o1. The summed E-state index contributed by atoms with van der Waals surface area (Å²) in [4.78, 5) is 51.0. The quantitative estimate of drug-likeness (QED) is 0.121. The van der Waals surface area contributed by atoms with Crippen molar-refractivity contribution in [1.29, 1.82) is 0 Å². The van der Waals surface area contributed by atoms with E-state index in [0.29, 0.717) is 62.6 Å². The molecule has 4 heterocycles. The molecule has 2 N–H and O–H groups in total. The number of amides is 2. The fourth-order valence-electron chi connectivity index (χ4n) is 7.45. The maximum atomic E-state index is 14.2. The van der Waals surface area contributed by atoms with Gasteiger partial charge in [-0.3, -0.25) is 14.6 Å². The summed E-state index contributed by atoms with van der Waals surface area (Å²) in [5, 5.41) is 13.9. The van der Waals surface area contributed by atoms with Crippen LogP contribution in [0.3, 0.4) is 0 Å². The minimum absolute atomic E-state index is 0.0120. The number of oxazole rings is 1. The van der Waals surface area contributed by atoms with Crippen molar-refractivity contribution >= 4 is 41.0 Å². The first-order valence-corrected chi connectivity index (χ1v) is 20.6. The molecule has 15 heteroatoms. The molecule has 0 aliphatic carbocycles. The Hall–Kier alpha value is -6.57. The Labute approximate surface area is 367 Å². The fraction of sp³-hybridized carbons (Fsp3) is 0.255. The standard InChI is InChI=1S/C47H42Cl2N4O9/c1-25-26(2)50-16-15-40(25)61-35-10-5-29(6-11-35)18-38(47(56)57)52-45(54)39-19-32-20-41-42(21-33(32)22-53(39)46(55)44-27(3)60-28(4)51-44)62-43(24-59-41)31-8-12-34(13-9-31)58-23-30-7-14-36(48)37(49)17-30/h5-17,20-21,38-39,43H,18-19,22-24H2,1-4H3,(H,52,54)(H,56,57)/t38-,39-,43-/m0/s1. The van der Waals surface area contributed by atoms with Gasteiger partial charge in [0.05, 0.1) is 10.0 Å². The van der Waals surface area contributed by atoms with Crippen molar-refractivity contribution in [2.75, 3.05) is 6.61 Å². The van der Waals surface area contributed by atoms with Crippen molar-refractivity contribution in [1.82, 2.24) is 20.2 Å². The predicted molar refractivity (Wildman–Crippen MR) is 229 cm³/mol. The maximum absolute atomic E-state index is 14.2. The zero-order valence-corrected chi connectivity index (χ0v) is 35.8. The molecular weight excluding hydrogens is 835 g/mol. The Kier molecular flexibility index (Phi) is 12.1.